The molecule has 2 aliphatic rings. The number of alkyl halides is 3. The van der Waals surface area contributed by atoms with Gasteiger partial charge >= 0.3 is 12.2 Å². The molecule has 9 heteroatoms. The molecule has 1 saturated carbocycles. The Morgan fingerprint density at radius 3 is 2.37 bits per heavy atom. The molecule has 1 aliphatic carbocycles. The van der Waals surface area contributed by atoms with E-state index in [0.29, 0.717) is 24.2 Å². The number of rotatable bonds is 6. The highest BCUT2D eigenvalue weighted by atomic mass is 19.4. The lowest BCUT2D eigenvalue weighted by atomic mass is 9.98. The Morgan fingerprint density at radius 1 is 1.19 bits per heavy atom. The molecule has 1 saturated heterocycles. The van der Waals surface area contributed by atoms with Crippen LogP contribution in [0.3, 0.4) is 0 Å². The van der Waals surface area contributed by atoms with Crippen molar-refractivity contribution in [1.82, 2.24) is 15.1 Å². The summed E-state index contributed by atoms with van der Waals surface area (Å²) in [4.78, 5) is 26.9. The topological polar surface area (TPSA) is 61.9 Å². The molecule has 1 aromatic rings. The van der Waals surface area contributed by atoms with E-state index >= 15 is 0 Å². The van der Waals surface area contributed by atoms with Crippen LogP contribution in [0, 0.1) is 0 Å². The minimum Gasteiger partial charge on any atom is -0.497 e. The predicted octanol–water partition coefficient (Wildman–Crippen LogP) is 2.88. The van der Waals surface area contributed by atoms with Crippen molar-refractivity contribution in [1.29, 1.82) is 0 Å². The van der Waals surface area contributed by atoms with Gasteiger partial charge in [-0.3, -0.25) is 9.69 Å². The van der Waals surface area contributed by atoms with E-state index in [1.54, 1.807) is 24.3 Å². The standard InChI is InChI=1S/C18H22F3N3O3/c1-27-14-6-4-13(5-7-14)10-23(11-18(19,20)21)12-24-15(25)17(22-16(24)26)8-2-3-9-17/h4-7H,2-3,8-12H2,1H3,(H,22,26). The average Bonchev–Trinajstić information content (AvgIpc) is 3.15. The average molecular weight is 385 g/mol. The number of nitrogens with zero attached hydrogens (tertiary/aromatic N) is 2. The fraction of sp³-hybridized carbons (Fsp3) is 0.556. The van der Waals surface area contributed by atoms with Crippen LogP contribution >= 0.6 is 0 Å². The minimum absolute atomic E-state index is 0.0481. The Morgan fingerprint density at radius 2 is 1.81 bits per heavy atom. The van der Waals surface area contributed by atoms with E-state index in [1.165, 1.54) is 7.11 Å². The molecular weight excluding hydrogens is 363 g/mol. The Hall–Kier alpha value is -2.29. The minimum atomic E-state index is -4.45. The molecule has 6 nitrogen and oxygen atoms in total. The van der Waals surface area contributed by atoms with Crippen molar-refractivity contribution in [2.45, 2.75) is 43.9 Å². The second-order valence-corrected chi connectivity index (χ2v) is 7.04. The van der Waals surface area contributed by atoms with E-state index < -0.39 is 36.9 Å². The summed E-state index contributed by atoms with van der Waals surface area (Å²) in [5, 5.41) is 2.69. The summed E-state index contributed by atoms with van der Waals surface area (Å²) in [6, 6.07) is 6.01. The van der Waals surface area contributed by atoms with E-state index in [1.807, 2.05) is 0 Å². The van der Waals surface area contributed by atoms with Crippen LogP contribution in [0.1, 0.15) is 31.2 Å². The lowest BCUT2D eigenvalue weighted by Crippen LogP contribution is -2.47. The zero-order chi connectivity index (χ0) is 19.7. The van der Waals surface area contributed by atoms with Crippen molar-refractivity contribution >= 4 is 11.9 Å². The van der Waals surface area contributed by atoms with Crippen molar-refractivity contribution in [3.05, 3.63) is 29.8 Å². The third kappa shape index (κ3) is 4.35. The van der Waals surface area contributed by atoms with Gasteiger partial charge < -0.3 is 10.1 Å². The van der Waals surface area contributed by atoms with Crippen molar-refractivity contribution in [3.63, 3.8) is 0 Å². The third-order valence-corrected chi connectivity index (χ3v) is 5.01. The largest absolute Gasteiger partial charge is 0.497 e. The monoisotopic (exact) mass is 385 g/mol. The van der Waals surface area contributed by atoms with Gasteiger partial charge in [0.15, 0.2) is 0 Å². The van der Waals surface area contributed by atoms with Gasteiger partial charge in [-0.15, -0.1) is 0 Å². The zero-order valence-corrected chi connectivity index (χ0v) is 15.0. The Labute approximate surface area is 155 Å². The number of halogens is 3. The Kier molecular flexibility index (Phi) is 5.32. The van der Waals surface area contributed by atoms with Crippen molar-refractivity contribution in [2.75, 3.05) is 20.3 Å². The van der Waals surface area contributed by atoms with Crippen LogP contribution in [-0.2, 0) is 11.3 Å². The Balaban J connectivity index is 1.74. The van der Waals surface area contributed by atoms with Gasteiger partial charge in [0, 0.05) is 6.54 Å². The first kappa shape index (κ1) is 19.5. The van der Waals surface area contributed by atoms with Crippen LogP contribution in [0.25, 0.3) is 0 Å². The summed E-state index contributed by atoms with van der Waals surface area (Å²) < 4.78 is 44.1. The summed E-state index contributed by atoms with van der Waals surface area (Å²) in [7, 11) is 1.50. The maximum atomic E-state index is 13.0. The van der Waals surface area contributed by atoms with E-state index in [9.17, 15) is 22.8 Å². The summed E-state index contributed by atoms with van der Waals surface area (Å²) in [5.74, 6) is 0.172. The molecule has 0 unspecified atom stereocenters. The van der Waals surface area contributed by atoms with Crippen LogP contribution in [0.5, 0.6) is 5.75 Å². The first-order chi connectivity index (χ1) is 12.7. The van der Waals surface area contributed by atoms with Gasteiger partial charge in [-0.2, -0.15) is 13.2 Å². The number of hydrogen-bond donors (Lipinski definition) is 1. The first-order valence-electron chi connectivity index (χ1n) is 8.79. The molecule has 0 aromatic heterocycles. The molecule has 0 atom stereocenters. The summed E-state index contributed by atoms with van der Waals surface area (Å²) >= 11 is 0. The quantitative estimate of drug-likeness (QED) is 0.765. The number of urea groups is 1. The summed E-state index contributed by atoms with van der Waals surface area (Å²) in [5.41, 5.74) is -0.302. The highest BCUT2D eigenvalue weighted by molar-refractivity contribution is 6.07. The van der Waals surface area contributed by atoms with Gasteiger partial charge in [0.2, 0.25) is 0 Å². The lowest BCUT2D eigenvalue weighted by molar-refractivity contribution is -0.154. The van der Waals surface area contributed by atoms with Crippen LogP contribution in [0.2, 0.25) is 0 Å². The second-order valence-electron chi connectivity index (χ2n) is 7.04. The maximum Gasteiger partial charge on any atom is 0.401 e. The lowest BCUT2D eigenvalue weighted by Gasteiger charge is -2.28. The third-order valence-electron chi connectivity index (χ3n) is 5.01. The molecule has 2 fully saturated rings. The SMILES string of the molecule is COc1ccc(CN(CN2C(=O)NC3(CCCC3)C2=O)CC(F)(F)F)cc1. The number of carbonyl (C=O) groups is 2. The molecule has 0 radical (unpaired) electrons. The molecule has 1 aromatic carbocycles. The summed E-state index contributed by atoms with van der Waals surface area (Å²) in [6.45, 7) is -1.67. The normalized spacial score (nSPS) is 19.2. The zero-order valence-electron chi connectivity index (χ0n) is 15.0. The molecule has 148 valence electrons. The van der Waals surface area contributed by atoms with Crippen LogP contribution < -0.4 is 10.1 Å². The van der Waals surface area contributed by atoms with Gasteiger partial charge in [0.1, 0.15) is 11.3 Å². The van der Waals surface area contributed by atoms with Crippen molar-refractivity contribution < 1.29 is 27.5 Å². The van der Waals surface area contributed by atoms with E-state index in [4.69, 9.17) is 4.74 Å². The van der Waals surface area contributed by atoms with Gasteiger partial charge in [-0.05, 0) is 30.5 Å². The number of carbonyl (C=O) groups excluding carboxylic acids is 2. The number of hydrogen-bond acceptors (Lipinski definition) is 4. The van der Waals surface area contributed by atoms with Crippen molar-refractivity contribution in [2.24, 2.45) is 0 Å². The summed E-state index contributed by atoms with van der Waals surface area (Å²) in [6.07, 6.45) is -1.75. The van der Waals surface area contributed by atoms with E-state index in [2.05, 4.69) is 5.32 Å². The van der Waals surface area contributed by atoms with E-state index in [0.717, 1.165) is 22.6 Å². The molecule has 0 bridgehead atoms. The van der Waals surface area contributed by atoms with Crippen LogP contribution in [-0.4, -0.2) is 53.8 Å². The number of nitrogens with one attached hydrogen (secondary N) is 1. The number of imide groups is 1. The second kappa shape index (κ2) is 7.38. The van der Waals surface area contributed by atoms with Gasteiger partial charge in [0.05, 0.1) is 20.3 Å². The molecule has 1 N–H and O–H groups in total. The van der Waals surface area contributed by atoms with Gasteiger partial charge in [-0.25, -0.2) is 9.69 Å². The predicted molar refractivity (Wildman–Crippen MR) is 90.9 cm³/mol. The van der Waals surface area contributed by atoms with Crippen LogP contribution in [0.15, 0.2) is 24.3 Å². The van der Waals surface area contributed by atoms with E-state index in [-0.39, 0.29) is 6.54 Å². The first-order valence-corrected chi connectivity index (χ1v) is 8.79. The number of methoxy groups -OCH3 is 1. The smallest absolute Gasteiger partial charge is 0.401 e. The van der Waals surface area contributed by atoms with Gasteiger partial charge in [-0.1, -0.05) is 25.0 Å². The van der Waals surface area contributed by atoms with Crippen molar-refractivity contribution in [3.8, 4) is 5.75 Å². The molecule has 3 amide bonds. The fourth-order valence-corrected chi connectivity index (χ4v) is 3.72. The van der Waals surface area contributed by atoms with Crippen LogP contribution in [0.4, 0.5) is 18.0 Å². The molecule has 1 spiro atoms. The number of benzene rings is 1. The molecule has 1 heterocycles. The highest BCUT2D eigenvalue weighted by Gasteiger charge is 2.52. The molecule has 27 heavy (non-hydrogen) atoms. The molecule has 1 aliphatic heterocycles. The highest BCUT2D eigenvalue weighted by Crippen LogP contribution is 2.35. The Bertz CT molecular complexity index is 700. The maximum absolute atomic E-state index is 13.0. The fourth-order valence-electron chi connectivity index (χ4n) is 3.72. The molecule has 3 rings (SSSR count). The van der Waals surface area contributed by atoms with Gasteiger partial charge in [0.25, 0.3) is 5.91 Å². The number of amides is 3. The number of ether oxygens (including phenoxy) is 1. The molecular formula is C18H22F3N3O3.